The molecule has 2 rings (SSSR count). The monoisotopic (exact) mass is 344 g/mol. The van der Waals surface area contributed by atoms with Gasteiger partial charge >= 0.3 is 5.97 Å². The van der Waals surface area contributed by atoms with Crippen LogP contribution < -0.4 is 0 Å². The molecule has 0 saturated carbocycles. The Bertz CT molecular complexity index is 647. The molecule has 1 N–H and O–H groups in total. The summed E-state index contributed by atoms with van der Waals surface area (Å²) in [4.78, 5) is 24.8. The number of amides is 1. The van der Waals surface area contributed by atoms with Gasteiger partial charge in [-0.3, -0.25) is 9.59 Å². The van der Waals surface area contributed by atoms with Crippen molar-refractivity contribution in [3.05, 3.63) is 24.2 Å². The zero-order valence-corrected chi connectivity index (χ0v) is 13.7. The summed E-state index contributed by atoms with van der Waals surface area (Å²) in [6.07, 6.45) is 3.45. The van der Waals surface area contributed by atoms with E-state index in [1.165, 1.54) is 27.8 Å². The molecule has 1 aliphatic rings. The fourth-order valence-corrected chi connectivity index (χ4v) is 3.81. The van der Waals surface area contributed by atoms with E-state index in [1.54, 1.807) is 6.92 Å². The van der Waals surface area contributed by atoms with Crippen LogP contribution in [0.25, 0.3) is 0 Å². The number of carboxylic acid groups (broad SMARTS) is 1. The van der Waals surface area contributed by atoms with Crippen LogP contribution in [0, 0.1) is 0 Å². The minimum atomic E-state index is -3.26. The van der Waals surface area contributed by atoms with Gasteiger partial charge in [-0.1, -0.05) is 0 Å². The molecule has 0 aromatic carbocycles. The molecule has 1 aliphatic heterocycles. The first-order chi connectivity index (χ1) is 10.8. The Morgan fingerprint density at radius 1 is 1.39 bits per heavy atom. The van der Waals surface area contributed by atoms with E-state index in [0.29, 0.717) is 12.8 Å². The first kappa shape index (κ1) is 17.5. The predicted molar refractivity (Wildman–Crippen MR) is 81.4 cm³/mol. The lowest BCUT2D eigenvalue weighted by Crippen LogP contribution is -2.50. The van der Waals surface area contributed by atoms with Crippen molar-refractivity contribution in [2.75, 3.05) is 25.4 Å². The lowest BCUT2D eigenvalue weighted by molar-refractivity contribution is -0.138. The van der Waals surface area contributed by atoms with Gasteiger partial charge < -0.3 is 14.4 Å². The smallest absolute Gasteiger partial charge is 0.323 e. The van der Waals surface area contributed by atoms with Crippen molar-refractivity contribution in [1.82, 2.24) is 9.21 Å². The van der Waals surface area contributed by atoms with E-state index in [1.807, 2.05) is 0 Å². The first-order valence-electron chi connectivity index (χ1n) is 7.38. The molecule has 0 unspecified atom stereocenters. The number of aliphatic carboxylic acids is 1. The van der Waals surface area contributed by atoms with Crippen molar-refractivity contribution in [3.8, 4) is 0 Å². The zero-order chi connectivity index (χ0) is 17.0. The predicted octanol–water partition coefficient (Wildman–Crippen LogP) is 0.621. The average molecular weight is 344 g/mol. The van der Waals surface area contributed by atoms with E-state index in [9.17, 15) is 18.0 Å². The number of carbonyl (C=O) groups is 2. The summed E-state index contributed by atoms with van der Waals surface area (Å²) >= 11 is 0. The van der Waals surface area contributed by atoms with Gasteiger partial charge in [0.25, 0.3) is 5.91 Å². The molecular weight excluding hydrogens is 324 g/mol. The second kappa shape index (κ2) is 7.14. The molecule has 1 aromatic rings. The molecule has 8 nitrogen and oxygen atoms in total. The molecular formula is C14H20N2O6S. The third-order valence-electron chi connectivity index (χ3n) is 3.96. The third-order valence-corrected chi connectivity index (χ3v) is 5.84. The van der Waals surface area contributed by atoms with E-state index in [2.05, 4.69) is 0 Å². The first-order valence-corrected chi connectivity index (χ1v) is 8.99. The Balaban J connectivity index is 2.10. The molecule has 9 heteroatoms. The van der Waals surface area contributed by atoms with Gasteiger partial charge in [0.15, 0.2) is 0 Å². The number of hydrogen-bond donors (Lipinski definition) is 1. The molecule has 0 atom stereocenters. The number of rotatable bonds is 6. The molecule has 1 saturated heterocycles. The number of sulfonamides is 1. The molecule has 2 heterocycles. The minimum absolute atomic E-state index is 0.0322. The fraction of sp³-hybridized carbons (Fsp3) is 0.571. The highest BCUT2D eigenvalue weighted by atomic mass is 32.2. The molecule has 1 aromatic heterocycles. The van der Waals surface area contributed by atoms with E-state index in [0.717, 1.165) is 0 Å². The number of hydrogen-bond acceptors (Lipinski definition) is 5. The maximum absolute atomic E-state index is 12.4. The van der Waals surface area contributed by atoms with Crippen molar-refractivity contribution in [2.24, 2.45) is 0 Å². The van der Waals surface area contributed by atoms with Crippen molar-refractivity contribution < 1.29 is 27.5 Å². The summed E-state index contributed by atoms with van der Waals surface area (Å²) in [5, 5.41) is 9.06. The normalized spacial score (nSPS) is 17.1. The van der Waals surface area contributed by atoms with Crippen LogP contribution in [0.15, 0.2) is 23.0 Å². The second-order valence-corrected chi connectivity index (χ2v) is 7.63. The number of nitrogens with zero attached hydrogens (tertiary/aromatic N) is 2. The van der Waals surface area contributed by atoms with Gasteiger partial charge in [0.05, 0.1) is 17.6 Å². The minimum Gasteiger partial charge on any atom is -0.480 e. The lowest BCUT2D eigenvalue weighted by Gasteiger charge is -2.37. The molecule has 0 spiro atoms. The van der Waals surface area contributed by atoms with Crippen LogP contribution in [-0.4, -0.2) is 66.0 Å². The zero-order valence-electron chi connectivity index (χ0n) is 12.8. The van der Waals surface area contributed by atoms with Crippen LogP contribution in [0.2, 0.25) is 0 Å². The summed E-state index contributed by atoms with van der Waals surface area (Å²) in [6, 6.07) is 1.17. The van der Waals surface area contributed by atoms with Gasteiger partial charge in [-0.15, -0.1) is 0 Å². The molecule has 0 bridgehead atoms. The molecule has 23 heavy (non-hydrogen) atoms. The molecule has 1 amide bonds. The average Bonchev–Trinajstić information content (AvgIpc) is 3.06. The maximum atomic E-state index is 12.4. The van der Waals surface area contributed by atoms with Crippen LogP contribution in [0.4, 0.5) is 0 Å². The van der Waals surface area contributed by atoms with Crippen LogP contribution in [-0.2, 0) is 14.8 Å². The Hall–Kier alpha value is -1.87. The van der Waals surface area contributed by atoms with E-state index in [-0.39, 0.29) is 30.4 Å². The molecule has 0 radical (unpaired) electrons. The summed E-state index contributed by atoms with van der Waals surface area (Å²) in [5.74, 6) is -1.49. The van der Waals surface area contributed by atoms with Crippen LogP contribution >= 0.6 is 0 Å². The van der Waals surface area contributed by atoms with Gasteiger partial charge in [-0.05, 0) is 25.8 Å². The van der Waals surface area contributed by atoms with Crippen molar-refractivity contribution in [2.45, 2.75) is 25.8 Å². The SMILES string of the molecule is CCS(=O)(=O)N1CCC(N(CC(=O)O)C(=O)c2ccoc2)CC1. The maximum Gasteiger partial charge on any atom is 0.323 e. The summed E-state index contributed by atoms with van der Waals surface area (Å²) in [6.45, 7) is 1.74. The Morgan fingerprint density at radius 3 is 2.52 bits per heavy atom. The number of furan rings is 1. The number of piperidine rings is 1. The molecule has 0 aliphatic carbocycles. The van der Waals surface area contributed by atoms with Crippen molar-refractivity contribution in [3.63, 3.8) is 0 Å². The topological polar surface area (TPSA) is 108 Å². The molecule has 1 fully saturated rings. The van der Waals surface area contributed by atoms with Gasteiger partial charge in [0.2, 0.25) is 10.0 Å². The van der Waals surface area contributed by atoms with Gasteiger partial charge in [-0.2, -0.15) is 0 Å². The highest BCUT2D eigenvalue weighted by molar-refractivity contribution is 7.89. The van der Waals surface area contributed by atoms with E-state index in [4.69, 9.17) is 9.52 Å². The van der Waals surface area contributed by atoms with Gasteiger partial charge in [-0.25, -0.2) is 12.7 Å². The summed E-state index contributed by atoms with van der Waals surface area (Å²) < 4.78 is 30.0. The van der Waals surface area contributed by atoms with Crippen LogP contribution in [0.1, 0.15) is 30.1 Å². The Labute approximate surface area is 134 Å². The molecule has 128 valence electrons. The second-order valence-electron chi connectivity index (χ2n) is 5.37. The fourth-order valence-electron chi connectivity index (χ4n) is 2.68. The van der Waals surface area contributed by atoms with E-state index < -0.39 is 28.4 Å². The lowest BCUT2D eigenvalue weighted by atomic mass is 10.0. The quantitative estimate of drug-likeness (QED) is 0.810. The number of carbonyl (C=O) groups excluding carboxylic acids is 1. The summed E-state index contributed by atoms with van der Waals surface area (Å²) in [5.41, 5.74) is 0.287. The van der Waals surface area contributed by atoms with E-state index >= 15 is 0 Å². The van der Waals surface area contributed by atoms with Gasteiger partial charge in [0.1, 0.15) is 12.8 Å². The number of carboxylic acids is 1. The largest absolute Gasteiger partial charge is 0.480 e. The van der Waals surface area contributed by atoms with Crippen LogP contribution in [0.3, 0.4) is 0 Å². The van der Waals surface area contributed by atoms with Crippen LogP contribution in [0.5, 0.6) is 0 Å². The highest BCUT2D eigenvalue weighted by Crippen LogP contribution is 2.21. The van der Waals surface area contributed by atoms with Crippen molar-refractivity contribution >= 4 is 21.9 Å². The summed E-state index contributed by atoms with van der Waals surface area (Å²) in [7, 11) is -3.26. The van der Waals surface area contributed by atoms with Gasteiger partial charge in [0, 0.05) is 19.1 Å². The highest BCUT2D eigenvalue weighted by Gasteiger charge is 2.33. The van der Waals surface area contributed by atoms with Crippen molar-refractivity contribution in [1.29, 1.82) is 0 Å². The Kier molecular flexibility index (Phi) is 5.42. The third kappa shape index (κ3) is 4.11. The standard InChI is InChI=1S/C14H20N2O6S/c1-2-23(20,21)15-6-3-12(4-7-15)16(9-13(17)18)14(19)11-5-8-22-10-11/h5,8,10,12H,2-4,6-7,9H2,1H3,(H,17,18). The Morgan fingerprint density at radius 2 is 2.04 bits per heavy atom.